The van der Waals surface area contributed by atoms with E-state index in [1.807, 2.05) is 11.3 Å². The number of nitrogens with one attached hydrogen (secondary N) is 1. The zero-order valence-electron chi connectivity index (χ0n) is 11.6. The highest BCUT2D eigenvalue weighted by molar-refractivity contribution is 8.00. The minimum atomic E-state index is 0.773. The first-order valence-corrected chi connectivity index (χ1v) is 8.59. The summed E-state index contributed by atoms with van der Waals surface area (Å²) >= 11 is 4.08. The van der Waals surface area contributed by atoms with Crippen LogP contribution in [0.5, 0.6) is 0 Å². The van der Waals surface area contributed by atoms with Gasteiger partial charge in [0.2, 0.25) is 0 Å². The van der Waals surface area contributed by atoms with Crippen molar-refractivity contribution in [2.45, 2.75) is 44.4 Å². The second-order valence-corrected chi connectivity index (χ2v) is 8.23. The molecule has 0 radical (unpaired) electrons. The highest BCUT2D eigenvalue weighted by Crippen LogP contribution is 2.27. The summed E-state index contributed by atoms with van der Waals surface area (Å²) in [4.78, 5) is 5.57. The fourth-order valence-corrected chi connectivity index (χ4v) is 4.90. The first kappa shape index (κ1) is 14.4. The zero-order valence-corrected chi connectivity index (χ0v) is 13.2. The lowest BCUT2D eigenvalue weighted by molar-refractivity contribution is 0.265. The second-order valence-electron chi connectivity index (χ2n) is 5.10. The van der Waals surface area contributed by atoms with Crippen LogP contribution in [-0.2, 0) is 13.1 Å². The molecule has 0 amide bonds. The SMILES string of the molecule is CCNCc1ccc(CN2CC(C)SC(C)C2)s1. The summed E-state index contributed by atoms with van der Waals surface area (Å²) in [6.45, 7) is 12.5. The maximum Gasteiger partial charge on any atom is 0.0328 e. The Morgan fingerprint density at radius 3 is 2.56 bits per heavy atom. The molecule has 0 aromatic carbocycles. The molecule has 2 rings (SSSR count). The van der Waals surface area contributed by atoms with Crippen LogP contribution in [0, 0.1) is 0 Å². The molecule has 102 valence electrons. The van der Waals surface area contributed by atoms with Crippen LogP contribution in [0.15, 0.2) is 12.1 Å². The van der Waals surface area contributed by atoms with Crippen LogP contribution in [-0.4, -0.2) is 35.0 Å². The highest BCUT2D eigenvalue weighted by Gasteiger charge is 2.22. The van der Waals surface area contributed by atoms with Gasteiger partial charge in [0.05, 0.1) is 0 Å². The number of thiophene rings is 1. The molecule has 1 saturated heterocycles. The van der Waals surface area contributed by atoms with Gasteiger partial charge in [-0.15, -0.1) is 11.3 Å². The predicted octanol–water partition coefficient (Wildman–Crippen LogP) is 3.18. The molecule has 0 spiro atoms. The van der Waals surface area contributed by atoms with Crippen molar-refractivity contribution in [2.75, 3.05) is 19.6 Å². The number of hydrogen-bond acceptors (Lipinski definition) is 4. The van der Waals surface area contributed by atoms with Crippen molar-refractivity contribution >= 4 is 23.1 Å². The van der Waals surface area contributed by atoms with Gasteiger partial charge in [-0.1, -0.05) is 20.8 Å². The Morgan fingerprint density at radius 2 is 1.89 bits per heavy atom. The first-order valence-electron chi connectivity index (χ1n) is 6.83. The van der Waals surface area contributed by atoms with E-state index in [0.717, 1.165) is 30.1 Å². The van der Waals surface area contributed by atoms with E-state index in [9.17, 15) is 0 Å². The van der Waals surface area contributed by atoms with Crippen molar-refractivity contribution in [3.63, 3.8) is 0 Å². The molecule has 1 aliphatic heterocycles. The van der Waals surface area contributed by atoms with Gasteiger partial charge in [-0.2, -0.15) is 11.8 Å². The van der Waals surface area contributed by atoms with Crippen molar-refractivity contribution in [3.05, 3.63) is 21.9 Å². The molecule has 0 aliphatic carbocycles. The van der Waals surface area contributed by atoms with Gasteiger partial charge in [0.15, 0.2) is 0 Å². The molecule has 2 atom stereocenters. The smallest absolute Gasteiger partial charge is 0.0328 e. The molecule has 4 heteroatoms. The normalized spacial score (nSPS) is 25.5. The Balaban J connectivity index is 1.86. The molecular weight excluding hydrogens is 260 g/mol. The van der Waals surface area contributed by atoms with E-state index in [4.69, 9.17) is 0 Å². The van der Waals surface area contributed by atoms with E-state index in [0.29, 0.717) is 0 Å². The van der Waals surface area contributed by atoms with Crippen LogP contribution in [0.25, 0.3) is 0 Å². The minimum absolute atomic E-state index is 0.773. The Hall–Kier alpha value is -0.0300. The summed E-state index contributed by atoms with van der Waals surface area (Å²) < 4.78 is 0. The molecule has 2 nitrogen and oxygen atoms in total. The van der Waals surface area contributed by atoms with E-state index in [1.165, 1.54) is 22.8 Å². The van der Waals surface area contributed by atoms with Crippen molar-refractivity contribution in [1.29, 1.82) is 0 Å². The minimum Gasteiger partial charge on any atom is -0.312 e. The predicted molar refractivity (Wildman–Crippen MR) is 83.5 cm³/mol. The number of thioether (sulfide) groups is 1. The molecule has 1 aromatic rings. The molecule has 1 aromatic heterocycles. The quantitative estimate of drug-likeness (QED) is 0.894. The third kappa shape index (κ3) is 4.26. The van der Waals surface area contributed by atoms with Crippen LogP contribution < -0.4 is 5.32 Å². The van der Waals surface area contributed by atoms with Crippen molar-refractivity contribution in [2.24, 2.45) is 0 Å². The summed E-state index contributed by atoms with van der Waals surface area (Å²) in [5.41, 5.74) is 0. The van der Waals surface area contributed by atoms with Crippen molar-refractivity contribution in [1.82, 2.24) is 10.2 Å². The number of hydrogen-bond donors (Lipinski definition) is 1. The summed E-state index contributed by atoms with van der Waals surface area (Å²) in [7, 11) is 0. The average Bonchev–Trinajstić information content (AvgIpc) is 2.72. The summed E-state index contributed by atoms with van der Waals surface area (Å²) in [6.07, 6.45) is 0. The van der Waals surface area contributed by atoms with Gasteiger partial charge in [0.25, 0.3) is 0 Å². The molecule has 0 saturated carbocycles. The molecule has 1 aliphatic rings. The van der Waals surface area contributed by atoms with Crippen LogP contribution in [0.3, 0.4) is 0 Å². The van der Waals surface area contributed by atoms with Crippen LogP contribution >= 0.6 is 23.1 Å². The van der Waals surface area contributed by atoms with E-state index in [1.54, 1.807) is 0 Å². The van der Waals surface area contributed by atoms with Gasteiger partial charge in [-0.25, -0.2) is 0 Å². The van der Waals surface area contributed by atoms with Crippen molar-refractivity contribution < 1.29 is 0 Å². The third-order valence-corrected chi connectivity index (χ3v) is 5.44. The van der Waals surface area contributed by atoms with E-state index < -0.39 is 0 Å². The molecular formula is C14H24N2S2. The maximum atomic E-state index is 3.39. The van der Waals surface area contributed by atoms with Gasteiger partial charge in [0, 0.05) is 46.4 Å². The lowest BCUT2D eigenvalue weighted by Gasteiger charge is -2.34. The monoisotopic (exact) mass is 284 g/mol. The van der Waals surface area contributed by atoms with Crippen LogP contribution in [0.4, 0.5) is 0 Å². The van der Waals surface area contributed by atoms with Gasteiger partial charge >= 0.3 is 0 Å². The van der Waals surface area contributed by atoms with Gasteiger partial charge in [-0.05, 0) is 18.7 Å². The largest absolute Gasteiger partial charge is 0.312 e. The Bertz CT molecular complexity index is 354. The molecule has 2 unspecified atom stereocenters. The number of rotatable bonds is 5. The van der Waals surface area contributed by atoms with Gasteiger partial charge in [-0.3, -0.25) is 4.90 Å². The maximum absolute atomic E-state index is 3.39. The van der Waals surface area contributed by atoms with Crippen LogP contribution in [0.1, 0.15) is 30.5 Å². The fraction of sp³-hybridized carbons (Fsp3) is 0.714. The molecule has 1 fully saturated rings. The third-order valence-electron chi connectivity index (χ3n) is 3.14. The standard InChI is InChI=1S/C14H24N2S2/c1-4-15-7-13-5-6-14(18-13)10-16-8-11(2)17-12(3)9-16/h5-6,11-12,15H,4,7-10H2,1-3H3. The van der Waals surface area contributed by atoms with Crippen LogP contribution in [0.2, 0.25) is 0 Å². The Morgan fingerprint density at radius 1 is 1.22 bits per heavy atom. The second kappa shape index (κ2) is 6.94. The van der Waals surface area contributed by atoms with E-state index in [-0.39, 0.29) is 0 Å². The zero-order chi connectivity index (χ0) is 13.0. The molecule has 2 heterocycles. The molecule has 0 bridgehead atoms. The van der Waals surface area contributed by atoms with E-state index in [2.05, 4.69) is 54.9 Å². The first-order chi connectivity index (χ1) is 8.67. The highest BCUT2D eigenvalue weighted by atomic mass is 32.2. The molecule has 1 N–H and O–H groups in total. The average molecular weight is 284 g/mol. The number of nitrogens with zero attached hydrogens (tertiary/aromatic N) is 1. The van der Waals surface area contributed by atoms with Gasteiger partial charge in [0.1, 0.15) is 0 Å². The lowest BCUT2D eigenvalue weighted by Crippen LogP contribution is -2.39. The van der Waals surface area contributed by atoms with Gasteiger partial charge < -0.3 is 5.32 Å². The lowest BCUT2D eigenvalue weighted by atomic mass is 10.3. The Labute approximate surface area is 119 Å². The summed E-state index contributed by atoms with van der Waals surface area (Å²) in [5, 5.41) is 4.94. The molecule has 18 heavy (non-hydrogen) atoms. The van der Waals surface area contributed by atoms with Crippen molar-refractivity contribution in [3.8, 4) is 0 Å². The summed E-state index contributed by atoms with van der Waals surface area (Å²) in [6, 6.07) is 4.57. The summed E-state index contributed by atoms with van der Waals surface area (Å²) in [5.74, 6) is 0. The van der Waals surface area contributed by atoms with E-state index >= 15 is 0 Å². The topological polar surface area (TPSA) is 15.3 Å². The fourth-order valence-electron chi connectivity index (χ4n) is 2.48. The Kier molecular flexibility index (Phi) is 5.55.